The van der Waals surface area contributed by atoms with Gasteiger partial charge in [0.05, 0.1) is 0 Å². The molecule has 1 fully saturated rings. The van der Waals surface area contributed by atoms with Crippen molar-refractivity contribution in [1.29, 1.82) is 0 Å². The second-order valence-corrected chi connectivity index (χ2v) is 3.72. The highest BCUT2D eigenvalue weighted by atomic mass is 16.3. The molecule has 1 rings (SSSR count). The van der Waals surface area contributed by atoms with Gasteiger partial charge in [-0.05, 0) is 25.7 Å². The smallest absolute Gasteiger partial charge is 0.116 e. The summed E-state index contributed by atoms with van der Waals surface area (Å²) in [5.41, 5.74) is 4.88. The predicted octanol–water partition coefficient (Wildman–Crippen LogP) is 1.62. The fraction of sp³-hybridized carbons (Fsp3) is 1.00. The summed E-state index contributed by atoms with van der Waals surface area (Å²) in [6, 6.07) is 0. The minimum atomic E-state index is -0.838. The van der Waals surface area contributed by atoms with E-state index in [0.717, 1.165) is 25.7 Å². The number of nitrogens with two attached hydrogens (primary N) is 1. The first kappa shape index (κ1) is 9.01. The Morgan fingerprint density at radius 3 is 2.82 bits per heavy atom. The van der Waals surface area contributed by atoms with Crippen molar-refractivity contribution in [2.45, 2.75) is 51.2 Å². The zero-order valence-corrected chi connectivity index (χ0v) is 7.34. The van der Waals surface area contributed by atoms with Gasteiger partial charge in [0.15, 0.2) is 0 Å². The second-order valence-electron chi connectivity index (χ2n) is 3.72. The molecule has 2 heteroatoms. The minimum Gasteiger partial charge on any atom is -0.376 e. The first-order chi connectivity index (χ1) is 5.17. The number of hydrogen-bond acceptors (Lipinski definition) is 2. The normalized spacial score (nSPS) is 37.9. The molecule has 1 aliphatic carbocycles. The molecule has 0 aliphatic heterocycles. The van der Waals surface area contributed by atoms with Crippen LogP contribution in [0.25, 0.3) is 0 Å². The van der Waals surface area contributed by atoms with Crippen molar-refractivity contribution in [1.82, 2.24) is 0 Å². The van der Waals surface area contributed by atoms with Crippen molar-refractivity contribution in [3.8, 4) is 0 Å². The van der Waals surface area contributed by atoms with Gasteiger partial charge in [0, 0.05) is 5.92 Å². The highest BCUT2D eigenvalue weighted by Gasteiger charge is 2.36. The molecule has 2 unspecified atom stereocenters. The van der Waals surface area contributed by atoms with Crippen molar-refractivity contribution < 1.29 is 5.11 Å². The van der Waals surface area contributed by atoms with E-state index in [1.807, 2.05) is 0 Å². The molecule has 1 saturated carbocycles. The summed E-state index contributed by atoms with van der Waals surface area (Å²) in [5, 5.41) is 9.66. The van der Waals surface area contributed by atoms with E-state index in [4.69, 9.17) is 5.73 Å². The first-order valence-electron chi connectivity index (χ1n) is 4.68. The monoisotopic (exact) mass is 157 g/mol. The van der Waals surface area contributed by atoms with Gasteiger partial charge in [-0.2, -0.15) is 0 Å². The van der Waals surface area contributed by atoms with Gasteiger partial charge in [0.2, 0.25) is 0 Å². The molecule has 66 valence electrons. The summed E-state index contributed by atoms with van der Waals surface area (Å²) < 4.78 is 0. The van der Waals surface area contributed by atoms with E-state index in [1.54, 1.807) is 0 Å². The third-order valence-corrected chi connectivity index (χ3v) is 2.74. The lowest BCUT2D eigenvalue weighted by atomic mass is 9.94. The lowest BCUT2D eigenvalue weighted by Crippen LogP contribution is -2.42. The molecule has 0 bridgehead atoms. The molecule has 0 aromatic heterocycles. The van der Waals surface area contributed by atoms with Crippen LogP contribution in [0, 0.1) is 5.92 Å². The van der Waals surface area contributed by atoms with Crippen LogP contribution in [-0.2, 0) is 0 Å². The Morgan fingerprint density at radius 1 is 1.64 bits per heavy atom. The molecule has 0 aromatic carbocycles. The first-order valence-corrected chi connectivity index (χ1v) is 4.68. The summed E-state index contributed by atoms with van der Waals surface area (Å²) in [7, 11) is 0. The third-order valence-electron chi connectivity index (χ3n) is 2.74. The van der Waals surface area contributed by atoms with Crippen LogP contribution in [0.4, 0.5) is 0 Å². The Balaban J connectivity index is 2.32. The van der Waals surface area contributed by atoms with Crippen LogP contribution < -0.4 is 5.73 Å². The highest BCUT2D eigenvalue weighted by Crippen LogP contribution is 2.34. The maximum absolute atomic E-state index is 9.66. The van der Waals surface area contributed by atoms with E-state index in [-0.39, 0.29) is 0 Å². The largest absolute Gasteiger partial charge is 0.376 e. The van der Waals surface area contributed by atoms with Crippen LogP contribution in [0.3, 0.4) is 0 Å². The quantitative estimate of drug-likeness (QED) is 0.611. The third kappa shape index (κ3) is 2.17. The maximum atomic E-state index is 9.66. The fourth-order valence-electron chi connectivity index (χ4n) is 1.93. The van der Waals surface area contributed by atoms with Crippen LogP contribution in [0.1, 0.15) is 45.4 Å². The zero-order chi connectivity index (χ0) is 8.32. The highest BCUT2D eigenvalue weighted by molar-refractivity contribution is 4.86. The molecule has 0 amide bonds. The number of aliphatic hydroxyl groups is 1. The van der Waals surface area contributed by atoms with Crippen molar-refractivity contribution in [3.05, 3.63) is 0 Å². The van der Waals surface area contributed by atoms with Crippen molar-refractivity contribution >= 4 is 0 Å². The average molecular weight is 157 g/mol. The van der Waals surface area contributed by atoms with Gasteiger partial charge in [0.1, 0.15) is 5.72 Å². The van der Waals surface area contributed by atoms with Gasteiger partial charge in [-0.15, -0.1) is 0 Å². The number of hydrogen-bond donors (Lipinski definition) is 2. The molecule has 0 radical (unpaired) electrons. The van der Waals surface area contributed by atoms with Gasteiger partial charge in [-0.1, -0.05) is 19.8 Å². The lowest BCUT2D eigenvalue weighted by Gasteiger charge is -2.24. The van der Waals surface area contributed by atoms with Gasteiger partial charge >= 0.3 is 0 Å². The van der Waals surface area contributed by atoms with E-state index in [9.17, 15) is 5.11 Å². The van der Waals surface area contributed by atoms with Crippen LogP contribution in [0.2, 0.25) is 0 Å². The molecule has 3 N–H and O–H groups in total. The molecule has 0 saturated heterocycles. The van der Waals surface area contributed by atoms with E-state index in [0.29, 0.717) is 5.92 Å². The van der Waals surface area contributed by atoms with E-state index >= 15 is 0 Å². The van der Waals surface area contributed by atoms with Crippen LogP contribution in [0.5, 0.6) is 0 Å². The molecule has 0 aromatic rings. The molecular formula is C9H19NO. The van der Waals surface area contributed by atoms with Gasteiger partial charge in [0.25, 0.3) is 0 Å². The SMILES string of the molecule is CCCCC1CCCC1(N)O. The molecule has 0 heterocycles. The van der Waals surface area contributed by atoms with E-state index in [1.165, 1.54) is 12.8 Å². The second kappa shape index (κ2) is 3.55. The summed E-state index contributed by atoms with van der Waals surface area (Å²) >= 11 is 0. The Hall–Kier alpha value is -0.0800. The van der Waals surface area contributed by atoms with Crippen LogP contribution >= 0.6 is 0 Å². The predicted molar refractivity (Wildman–Crippen MR) is 46.0 cm³/mol. The zero-order valence-electron chi connectivity index (χ0n) is 7.34. The van der Waals surface area contributed by atoms with Crippen molar-refractivity contribution in [2.75, 3.05) is 0 Å². The lowest BCUT2D eigenvalue weighted by molar-refractivity contribution is 0.00482. The van der Waals surface area contributed by atoms with Crippen molar-refractivity contribution in [2.24, 2.45) is 11.7 Å². The fourth-order valence-corrected chi connectivity index (χ4v) is 1.93. The molecule has 2 nitrogen and oxygen atoms in total. The van der Waals surface area contributed by atoms with E-state index < -0.39 is 5.72 Å². The van der Waals surface area contributed by atoms with Crippen molar-refractivity contribution in [3.63, 3.8) is 0 Å². The molecular weight excluding hydrogens is 138 g/mol. The summed E-state index contributed by atoms with van der Waals surface area (Å²) in [6.45, 7) is 2.17. The minimum absolute atomic E-state index is 0.363. The topological polar surface area (TPSA) is 46.2 Å². The standard InChI is InChI=1S/C9H19NO/c1-2-3-5-8-6-4-7-9(8,10)11/h8,11H,2-7,10H2,1H3. The summed E-state index contributed by atoms with van der Waals surface area (Å²) in [5.74, 6) is 0.363. The molecule has 11 heavy (non-hydrogen) atoms. The average Bonchev–Trinajstić information content (AvgIpc) is 2.25. The molecule has 2 atom stereocenters. The van der Waals surface area contributed by atoms with Gasteiger partial charge < -0.3 is 10.8 Å². The van der Waals surface area contributed by atoms with Crippen LogP contribution in [0.15, 0.2) is 0 Å². The Bertz CT molecular complexity index is 123. The number of rotatable bonds is 3. The number of unbranched alkanes of at least 4 members (excludes halogenated alkanes) is 1. The molecule has 1 aliphatic rings. The molecule has 0 spiro atoms. The Morgan fingerprint density at radius 2 is 2.36 bits per heavy atom. The summed E-state index contributed by atoms with van der Waals surface area (Å²) in [4.78, 5) is 0. The van der Waals surface area contributed by atoms with Gasteiger partial charge in [-0.3, -0.25) is 0 Å². The Labute approximate surface area is 68.8 Å². The van der Waals surface area contributed by atoms with E-state index in [2.05, 4.69) is 6.92 Å². The van der Waals surface area contributed by atoms with Gasteiger partial charge in [-0.25, -0.2) is 0 Å². The van der Waals surface area contributed by atoms with Crippen LogP contribution in [-0.4, -0.2) is 10.8 Å². The maximum Gasteiger partial charge on any atom is 0.116 e. The summed E-state index contributed by atoms with van der Waals surface area (Å²) in [6.07, 6.45) is 6.51. The Kier molecular flexibility index (Phi) is 2.90.